The van der Waals surface area contributed by atoms with Gasteiger partial charge < -0.3 is 4.42 Å². The second kappa shape index (κ2) is 4.83. The zero-order valence-electron chi connectivity index (χ0n) is 9.43. The molecule has 0 saturated carbocycles. The quantitative estimate of drug-likeness (QED) is 0.696. The van der Waals surface area contributed by atoms with Gasteiger partial charge in [0.1, 0.15) is 11.6 Å². The molecule has 0 radical (unpaired) electrons. The summed E-state index contributed by atoms with van der Waals surface area (Å²) in [5.74, 6) is 0.493. The van der Waals surface area contributed by atoms with E-state index in [9.17, 15) is 4.39 Å². The Morgan fingerprint density at radius 1 is 1.29 bits per heavy atom. The van der Waals surface area contributed by atoms with Crippen LogP contribution in [0.2, 0.25) is 5.02 Å². The van der Waals surface area contributed by atoms with Crippen LogP contribution in [0.1, 0.15) is 27.3 Å². The van der Waals surface area contributed by atoms with Crippen LogP contribution in [0.15, 0.2) is 28.9 Å². The van der Waals surface area contributed by atoms with E-state index in [1.807, 2.05) is 13.0 Å². The van der Waals surface area contributed by atoms with Gasteiger partial charge in [0.15, 0.2) is 0 Å². The van der Waals surface area contributed by atoms with Gasteiger partial charge in [0, 0.05) is 5.02 Å². The van der Waals surface area contributed by atoms with Crippen LogP contribution in [0, 0.1) is 19.7 Å². The smallest absolute Gasteiger partial charge is 0.127 e. The van der Waals surface area contributed by atoms with Crippen LogP contribution >= 0.6 is 27.5 Å². The summed E-state index contributed by atoms with van der Waals surface area (Å²) >= 11 is 9.59. The van der Waals surface area contributed by atoms with Crippen molar-refractivity contribution in [3.63, 3.8) is 0 Å². The maximum Gasteiger partial charge on any atom is 0.127 e. The third kappa shape index (κ3) is 2.40. The number of aryl methyl sites for hydroxylation is 2. The first-order valence-corrected chi connectivity index (χ1v) is 6.43. The lowest BCUT2D eigenvalue weighted by Gasteiger charge is -2.12. The highest BCUT2D eigenvalue weighted by Gasteiger charge is 2.20. The van der Waals surface area contributed by atoms with E-state index in [2.05, 4.69) is 15.9 Å². The predicted molar refractivity (Wildman–Crippen MR) is 70.4 cm³/mol. The lowest BCUT2D eigenvalue weighted by atomic mass is 10.1. The number of hydrogen-bond donors (Lipinski definition) is 0. The lowest BCUT2D eigenvalue weighted by Crippen LogP contribution is -1.96. The highest BCUT2D eigenvalue weighted by atomic mass is 79.9. The highest BCUT2D eigenvalue weighted by molar-refractivity contribution is 9.09. The van der Waals surface area contributed by atoms with Crippen molar-refractivity contribution in [1.82, 2.24) is 0 Å². The number of benzene rings is 1. The fourth-order valence-corrected chi connectivity index (χ4v) is 2.90. The normalized spacial score (nSPS) is 12.8. The molecule has 0 fully saturated rings. The van der Waals surface area contributed by atoms with E-state index in [4.69, 9.17) is 16.0 Å². The van der Waals surface area contributed by atoms with Crippen molar-refractivity contribution in [1.29, 1.82) is 0 Å². The summed E-state index contributed by atoms with van der Waals surface area (Å²) in [5, 5.41) is 0.394. The minimum absolute atomic E-state index is 0.163. The summed E-state index contributed by atoms with van der Waals surface area (Å²) in [6.45, 7) is 3.67. The Hall–Kier alpha value is -0.800. The SMILES string of the molecule is Cc1cc(C(Br)c2occc2C)c(Cl)cc1F. The molecular weight excluding hydrogens is 306 g/mol. The molecular formula is C13H11BrClFO. The van der Waals surface area contributed by atoms with Crippen molar-refractivity contribution in [3.8, 4) is 0 Å². The molecule has 0 bridgehead atoms. The molecule has 0 N–H and O–H groups in total. The Kier molecular flexibility index (Phi) is 3.59. The van der Waals surface area contributed by atoms with E-state index in [0.29, 0.717) is 10.6 Å². The van der Waals surface area contributed by atoms with E-state index in [0.717, 1.165) is 16.9 Å². The second-order valence-corrected chi connectivity index (χ2v) is 5.28. The third-order valence-electron chi connectivity index (χ3n) is 2.68. The summed E-state index contributed by atoms with van der Waals surface area (Å²) in [5.41, 5.74) is 2.41. The largest absolute Gasteiger partial charge is 0.468 e. The number of halogens is 3. The predicted octanol–water partition coefficient (Wildman–Crippen LogP) is 5.17. The first-order chi connectivity index (χ1) is 8.00. The van der Waals surface area contributed by atoms with Gasteiger partial charge in [0.05, 0.1) is 11.1 Å². The van der Waals surface area contributed by atoms with Gasteiger partial charge in [-0.1, -0.05) is 33.6 Å². The maximum absolute atomic E-state index is 13.3. The molecule has 1 unspecified atom stereocenters. The molecule has 1 atom stereocenters. The number of alkyl halides is 1. The molecule has 0 aliphatic rings. The molecule has 0 spiro atoms. The number of furan rings is 1. The van der Waals surface area contributed by atoms with Crippen molar-refractivity contribution in [3.05, 3.63) is 57.8 Å². The highest BCUT2D eigenvalue weighted by Crippen LogP contribution is 2.38. The van der Waals surface area contributed by atoms with Crippen molar-refractivity contribution < 1.29 is 8.81 Å². The molecule has 2 rings (SSSR count). The first-order valence-electron chi connectivity index (χ1n) is 5.14. The van der Waals surface area contributed by atoms with Crippen LogP contribution in [0.5, 0.6) is 0 Å². The van der Waals surface area contributed by atoms with Crippen molar-refractivity contribution in [2.75, 3.05) is 0 Å². The molecule has 17 heavy (non-hydrogen) atoms. The summed E-state index contributed by atoms with van der Waals surface area (Å²) in [7, 11) is 0. The van der Waals surface area contributed by atoms with Crippen LogP contribution in [0.4, 0.5) is 4.39 Å². The topological polar surface area (TPSA) is 13.1 Å². The van der Waals surface area contributed by atoms with Gasteiger partial charge in [0.25, 0.3) is 0 Å². The third-order valence-corrected chi connectivity index (χ3v) is 3.92. The number of rotatable bonds is 2. The first kappa shape index (κ1) is 12.7. The van der Waals surface area contributed by atoms with E-state index in [1.165, 1.54) is 6.07 Å². The minimum atomic E-state index is -0.297. The molecule has 90 valence electrons. The Balaban J connectivity index is 2.48. The van der Waals surface area contributed by atoms with Crippen LogP contribution in [0.25, 0.3) is 0 Å². The van der Waals surface area contributed by atoms with Gasteiger partial charge in [-0.15, -0.1) is 0 Å². The standard InChI is InChI=1S/C13H11BrClFO/c1-7-3-4-17-13(7)12(14)9-5-8(2)11(16)6-10(9)15/h3-6,12H,1-2H3. The Morgan fingerprint density at radius 3 is 2.59 bits per heavy atom. The molecule has 2 aromatic rings. The van der Waals surface area contributed by atoms with Crippen LogP contribution in [-0.4, -0.2) is 0 Å². The molecule has 1 aromatic heterocycles. The van der Waals surface area contributed by atoms with Crippen molar-refractivity contribution in [2.45, 2.75) is 18.7 Å². The number of hydrogen-bond acceptors (Lipinski definition) is 1. The molecule has 1 aromatic carbocycles. The van der Waals surface area contributed by atoms with E-state index < -0.39 is 0 Å². The van der Waals surface area contributed by atoms with Crippen LogP contribution < -0.4 is 0 Å². The molecule has 0 aliphatic carbocycles. The maximum atomic E-state index is 13.3. The summed E-state index contributed by atoms with van der Waals surface area (Å²) in [4.78, 5) is -0.163. The average molecular weight is 318 g/mol. The fourth-order valence-electron chi connectivity index (χ4n) is 1.66. The van der Waals surface area contributed by atoms with Crippen LogP contribution in [-0.2, 0) is 0 Å². The molecule has 1 nitrogen and oxygen atoms in total. The van der Waals surface area contributed by atoms with Crippen molar-refractivity contribution >= 4 is 27.5 Å². The average Bonchev–Trinajstić information content (AvgIpc) is 2.69. The van der Waals surface area contributed by atoms with Gasteiger partial charge in [-0.05, 0) is 42.7 Å². The summed E-state index contributed by atoms with van der Waals surface area (Å²) in [6.07, 6.45) is 1.63. The molecule has 0 saturated heterocycles. The second-order valence-electron chi connectivity index (χ2n) is 3.95. The van der Waals surface area contributed by atoms with E-state index >= 15 is 0 Å². The van der Waals surface area contributed by atoms with Crippen molar-refractivity contribution in [2.24, 2.45) is 0 Å². The monoisotopic (exact) mass is 316 g/mol. The Bertz CT molecular complexity index is 550. The van der Waals surface area contributed by atoms with E-state index in [-0.39, 0.29) is 10.6 Å². The summed E-state index contributed by atoms with van der Waals surface area (Å²) < 4.78 is 18.7. The van der Waals surface area contributed by atoms with Crippen LogP contribution in [0.3, 0.4) is 0 Å². The molecule has 0 amide bonds. The van der Waals surface area contributed by atoms with Gasteiger partial charge in [-0.25, -0.2) is 4.39 Å². The van der Waals surface area contributed by atoms with Gasteiger partial charge in [-0.2, -0.15) is 0 Å². The lowest BCUT2D eigenvalue weighted by molar-refractivity contribution is 0.516. The minimum Gasteiger partial charge on any atom is -0.468 e. The van der Waals surface area contributed by atoms with E-state index in [1.54, 1.807) is 19.3 Å². The summed E-state index contributed by atoms with van der Waals surface area (Å²) in [6, 6.07) is 4.95. The van der Waals surface area contributed by atoms with Gasteiger partial charge >= 0.3 is 0 Å². The molecule has 0 aliphatic heterocycles. The van der Waals surface area contributed by atoms with Gasteiger partial charge in [-0.3, -0.25) is 0 Å². The molecule has 1 heterocycles. The van der Waals surface area contributed by atoms with Gasteiger partial charge in [0.2, 0.25) is 0 Å². The zero-order chi connectivity index (χ0) is 12.6. The molecule has 4 heteroatoms. The fraction of sp³-hybridized carbons (Fsp3) is 0.231. The zero-order valence-corrected chi connectivity index (χ0v) is 11.8. The Labute approximate surface area is 113 Å². The Morgan fingerprint density at radius 2 is 2.00 bits per heavy atom.